The minimum absolute atomic E-state index is 0.186. The molecule has 0 saturated heterocycles. The number of carbonyl (C=O) groups is 1. The number of benzene rings is 3. The number of fused-ring (bicyclic) bond motifs is 2. The third-order valence-electron chi connectivity index (χ3n) is 5.38. The summed E-state index contributed by atoms with van der Waals surface area (Å²) in [6.07, 6.45) is 0. The number of hydrogen-bond donors (Lipinski definition) is 1. The van der Waals surface area contributed by atoms with Gasteiger partial charge in [-0.3, -0.25) is 10.1 Å². The average molecular weight is 462 g/mol. The van der Waals surface area contributed by atoms with Gasteiger partial charge >= 0.3 is 5.97 Å². The second-order valence-corrected chi connectivity index (χ2v) is 9.56. The fourth-order valence-corrected chi connectivity index (χ4v) is 4.95. The van der Waals surface area contributed by atoms with Crippen LogP contribution in [0.4, 0.5) is 0 Å². The van der Waals surface area contributed by atoms with E-state index in [4.69, 9.17) is 4.74 Å². The third-order valence-corrected chi connectivity index (χ3v) is 6.51. The molecule has 1 N–H and O–H groups in total. The molecule has 172 valence electrons. The smallest absolute Gasteiger partial charge is 0.339 e. The summed E-state index contributed by atoms with van der Waals surface area (Å²) in [4.78, 5) is 24.1. The van der Waals surface area contributed by atoms with Gasteiger partial charge in [0.2, 0.25) is 0 Å². The van der Waals surface area contributed by atoms with Gasteiger partial charge in [-0.05, 0) is 60.3 Å². The van der Waals surface area contributed by atoms with E-state index in [1.54, 1.807) is 42.6 Å². The van der Waals surface area contributed by atoms with Crippen molar-refractivity contribution in [3.05, 3.63) is 93.6 Å². The number of carbonyl (C=O) groups excluding carboxylic acids is 1. The lowest BCUT2D eigenvalue weighted by atomic mass is 9.88. The fourth-order valence-electron chi connectivity index (χ4n) is 3.85. The van der Waals surface area contributed by atoms with Crippen LogP contribution in [0.3, 0.4) is 0 Å². The first-order valence-corrected chi connectivity index (χ1v) is 12.0. The number of nitrogens with one attached hydrogen (secondary N) is 1. The van der Waals surface area contributed by atoms with Crippen LogP contribution < -0.4 is 10.7 Å². The van der Waals surface area contributed by atoms with Crippen LogP contribution in [0.2, 0.25) is 0 Å². The zero-order chi connectivity index (χ0) is 24.0. The molecule has 1 aromatic heterocycles. The lowest BCUT2D eigenvalue weighted by Gasteiger charge is -2.18. The van der Waals surface area contributed by atoms with Gasteiger partial charge in [0, 0.05) is 20.2 Å². The van der Waals surface area contributed by atoms with Gasteiger partial charge in [0.1, 0.15) is 6.73 Å². The molecule has 0 atom stereocenters. The molecule has 0 unspecified atom stereocenters. The van der Waals surface area contributed by atoms with Crippen LogP contribution in [0, 0.1) is 0 Å². The molecular weight excluding hydrogens is 430 g/mol. The summed E-state index contributed by atoms with van der Waals surface area (Å²) in [7, 11) is 1.72. The van der Waals surface area contributed by atoms with Crippen molar-refractivity contribution in [3.63, 3.8) is 0 Å². The van der Waals surface area contributed by atoms with Crippen LogP contribution in [0.15, 0.2) is 71.5 Å². The van der Waals surface area contributed by atoms with Crippen molar-refractivity contribution in [1.82, 2.24) is 5.32 Å². The van der Waals surface area contributed by atoms with Crippen molar-refractivity contribution in [3.8, 4) is 0 Å². The minimum Gasteiger partial charge on any atom is -0.446 e. The number of esters is 1. The van der Waals surface area contributed by atoms with Gasteiger partial charge in [0.05, 0.1) is 5.56 Å². The van der Waals surface area contributed by atoms with E-state index >= 15 is 0 Å². The first-order valence-electron chi connectivity index (χ1n) is 11.2. The van der Waals surface area contributed by atoms with Crippen LogP contribution in [0.1, 0.15) is 61.0 Å². The number of rotatable bonds is 5. The first kappa shape index (κ1) is 24.6. The highest BCUT2D eigenvalue weighted by Crippen LogP contribution is 2.35. The van der Waals surface area contributed by atoms with Crippen molar-refractivity contribution >= 4 is 37.5 Å². The Morgan fingerprint density at radius 2 is 1.55 bits per heavy atom. The summed E-state index contributed by atoms with van der Waals surface area (Å²) in [6, 6.07) is 21.1. The molecule has 5 heteroatoms. The van der Waals surface area contributed by atoms with Gasteiger partial charge in [-0.1, -0.05) is 64.1 Å². The van der Waals surface area contributed by atoms with Gasteiger partial charge in [-0.2, -0.15) is 0 Å². The molecule has 1 heterocycles. The molecule has 33 heavy (non-hydrogen) atoms. The number of ether oxygens (including phenoxy) is 1. The van der Waals surface area contributed by atoms with E-state index in [9.17, 15) is 9.59 Å². The molecule has 3 aromatic carbocycles. The Hall–Kier alpha value is -3.02. The van der Waals surface area contributed by atoms with Gasteiger partial charge in [0.15, 0.2) is 5.43 Å². The van der Waals surface area contributed by atoms with Crippen LogP contribution in [-0.4, -0.2) is 19.7 Å². The summed E-state index contributed by atoms with van der Waals surface area (Å²) in [5, 5.41) is 4.50. The summed E-state index contributed by atoms with van der Waals surface area (Å²) in [5.74, 6) is 0.486. The Morgan fingerprint density at radius 1 is 0.879 bits per heavy atom. The largest absolute Gasteiger partial charge is 0.446 e. The second kappa shape index (κ2) is 11.2. The lowest BCUT2D eigenvalue weighted by Crippen LogP contribution is -2.16. The Kier molecular flexibility index (Phi) is 8.37. The van der Waals surface area contributed by atoms with Crippen LogP contribution in [0.25, 0.3) is 20.2 Å². The molecule has 0 fully saturated rings. The van der Waals surface area contributed by atoms with Crippen molar-refractivity contribution < 1.29 is 9.53 Å². The third kappa shape index (κ3) is 5.67. The molecule has 4 aromatic rings. The zero-order valence-electron chi connectivity index (χ0n) is 19.8. The topological polar surface area (TPSA) is 55.4 Å². The van der Waals surface area contributed by atoms with Crippen LogP contribution in [-0.2, 0) is 4.74 Å². The molecule has 4 rings (SSSR count). The summed E-state index contributed by atoms with van der Waals surface area (Å²) in [5.41, 5.74) is 3.30. The lowest BCUT2D eigenvalue weighted by molar-refractivity contribution is 0.0481. The monoisotopic (exact) mass is 461 g/mol. The second-order valence-electron chi connectivity index (χ2n) is 8.47. The molecule has 0 spiro atoms. The van der Waals surface area contributed by atoms with E-state index in [0.29, 0.717) is 17.4 Å². The Morgan fingerprint density at radius 3 is 2.18 bits per heavy atom. The highest BCUT2D eigenvalue weighted by molar-refractivity contribution is 7.24. The zero-order valence-corrected chi connectivity index (χ0v) is 20.7. The Bertz CT molecular complexity index is 1290. The molecular formula is C28H31NO3S. The van der Waals surface area contributed by atoms with E-state index in [1.807, 2.05) is 30.3 Å². The van der Waals surface area contributed by atoms with Crippen molar-refractivity contribution in [2.75, 3.05) is 13.8 Å². The van der Waals surface area contributed by atoms with Crippen molar-refractivity contribution in [2.45, 2.75) is 39.5 Å². The van der Waals surface area contributed by atoms with Gasteiger partial charge < -0.3 is 4.74 Å². The minimum atomic E-state index is -0.301. The normalized spacial score (nSPS) is 11.0. The molecule has 0 aliphatic rings. The Labute approximate surface area is 199 Å². The first-order chi connectivity index (χ1) is 15.8. The maximum atomic E-state index is 13.0. The van der Waals surface area contributed by atoms with Gasteiger partial charge in [-0.25, -0.2) is 4.79 Å². The maximum Gasteiger partial charge on any atom is 0.339 e. The predicted octanol–water partition coefficient (Wildman–Crippen LogP) is 6.68. The highest BCUT2D eigenvalue weighted by atomic mass is 32.1. The van der Waals surface area contributed by atoms with E-state index in [0.717, 1.165) is 20.2 Å². The Balaban J connectivity index is 0.000000218. The van der Waals surface area contributed by atoms with E-state index < -0.39 is 0 Å². The molecule has 0 aliphatic heterocycles. The van der Waals surface area contributed by atoms with Crippen LogP contribution in [0.5, 0.6) is 0 Å². The average Bonchev–Trinajstić information content (AvgIpc) is 2.82. The number of hydrogen-bond acceptors (Lipinski definition) is 5. The molecule has 4 nitrogen and oxygen atoms in total. The standard InChI is InChI=1S/C19H20OS.C9H11NO2/c1-11(2)13-9-10-16-18(17(13)12(3)4)19(20)14-7-5-6-8-15(14)21-16;1-10-7-12-9(11)8-5-3-2-4-6-8/h5-12H,1-4H3;2-6,10H,7H2,1H3. The molecule has 0 aliphatic carbocycles. The SMILES string of the molecule is CC(C)c1ccc2sc3ccccc3c(=O)c2c1C(C)C.CNCOC(=O)c1ccccc1. The summed E-state index contributed by atoms with van der Waals surface area (Å²) >= 11 is 1.72. The molecule has 0 bridgehead atoms. The van der Waals surface area contributed by atoms with Gasteiger partial charge in [0.25, 0.3) is 0 Å². The maximum absolute atomic E-state index is 13.0. The summed E-state index contributed by atoms with van der Waals surface area (Å²) < 4.78 is 7.00. The van der Waals surface area contributed by atoms with Crippen molar-refractivity contribution in [1.29, 1.82) is 0 Å². The van der Waals surface area contributed by atoms with E-state index in [1.165, 1.54) is 11.1 Å². The predicted molar refractivity (Wildman–Crippen MR) is 140 cm³/mol. The van der Waals surface area contributed by atoms with Gasteiger partial charge in [-0.15, -0.1) is 11.3 Å². The summed E-state index contributed by atoms with van der Waals surface area (Å²) in [6.45, 7) is 9.00. The molecule has 0 amide bonds. The van der Waals surface area contributed by atoms with Crippen LogP contribution >= 0.6 is 11.3 Å². The van der Waals surface area contributed by atoms with Crippen molar-refractivity contribution in [2.24, 2.45) is 0 Å². The quantitative estimate of drug-likeness (QED) is 0.205. The van der Waals surface area contributed by atoms with E-state index in [-0.39, 0.29) is 18.1 Å². The molecule has 0 radical (unpaired) electrons. The molecule has 0 saturated carbocycles. The van der Waals surface area contributed by atoms with E-state index in [2.05, 4.69) is 45.1 Å². The highest BCUT2D eigenvalue weighted by Gasteiger charge is 2.17. The fraction of sp³-hybridized carbons (Fsp3) is 0.286.